The zero-order chi connectivity index (χ0) is 13.5. The zero-order valence-electron chi connectivity index (χ0n) is 10.9. The van der Waals surface area contributed by atoms with Crippen LogP contribution in [0.5, 0.6) is 0 Å². The summed E-state index contributed by atoms with van der Waals surface area (Å²) in [7, 11) is 0. The minimum atomic E-state index is -1.01. The number of furan rings is 1. The molecule has 1 N–H and O–H groups in total. The van der Waals surface area contributed by atoms with Crippen LogP contribution in [0.2, 0.25) is 0 Å². The van der Waals surface area contributed by atoms with E-state index in [0.29, 0.717) is 36.2 Å². The highest BCUT2D eigenvalue weighted by molar-refractivity contribution is 5.78. The number of hydrogen-bond donors (Lipinski definition) is 1. The smallest absolute Gasteiger partial charge is 0.137 e. The molecule has 1 aromatic carbocycles. The minimum Gasteiger partial charge on any atom is -0.458 e. The number of aliphatic hydroxyl groups is 1. The maximum absolute atomic E-state index is 13.2. The molecule has 0 amide bonds. The summed E-state index contributed by atoms with van der Waals surface area (Å²) in [5.41, 5.74) is -0.404. The van der Waals surface area contributed by atoms with Crippen LogP contribution >= 0.6 is 0 Å². The molecule has 0 radical (unpaired) electrons. The molecular weight excluding hydrogens is 247 g/mol. The number of halogens is 1. The van der Waals surface area contributed by atoms with Gasteiger partial charge in [0.25, 0.3) is 0 Å². The van der Waals surface area contributed by atoms with Gasteiger partial charge in [0.1, 0.15) is 22.8 Å². The lowest BCUT2D eigenvalue weighted by atomic mass is 9.87. The highest BCUT2D eigenvalue weighted by Crippen LogP contribution is 2.38. The third kappa shape index (κ3) is 2.26. The molecule has 2 unspecified atom stereocenters. The van der Waals surface area contributed by atoms with Crippen LogP contribution in [-0.4, -0.2) is 17.8 Å². The van der Waals surface area contributed by atoms with Crippen molar-refractivity contribution in [2.24, 2.45) is 0 Å². The fourth-order valence-electron chi connectivity index (χ4n) is 2.66. The van der Waals surface area contributed by atoms with E-state index in [-0.39, 0.29) is 11.9 Å². The third-order valence-corrected chi connectivity index (χ3v) is 3.83. The van der Waals surface area contributed by atoms with E-state index < -0.39 is 5.60 Å². The second kappa shape index (κ2) is 4.62. The average Bonchev–Trinajstić information content (AvgIpc) is 2.82. The van der Waals surface area contributed by atoms with Crippen molar-refractivity contribution in [2.45, 2.75) is 37.9 Å². The monoisotopic (exact) mass is 264 g/mol. The van der Waals surface area contributed by atoms with Crippen LogP contribution in [0.25, 0.3) is 11.0 Å². The van der Waals surface area contributed by atoms with Gasteiger partial charge in [-0.05, 0) is 30.7 Å². The van der Waals surface area contributed by atoms with Gasteiger partial charge in [0.15, 0.2) is 0 Å². The van der Waals surface area contributed by atoms with E-state index in [2.05, 4.69) is 0 Å². The van der Waals surface area contributed by atoms with E-state index in [0.717, 1.165) is 6.42 Å². The molecule has 2 heterocycles. The van der Waals surface area contributed by atoms with Gasteiger partial charge in [0.05, 0.1) is 12.7 Å². The van der Waals surface area contributed by atoms with Crippen LogP contribution in [0.15, 0.2) is 28.7 Å². The second-order valence-electron chi connectivity index (χ2n) is 5.18. The summed E-state index contributed by atoms with van der Waals surface area (Å²) < 4.78 is 24.4. The quantitative estimate of drug-likeness (QED) is 0.904. The van der Waals surface area contributed by atoms with E-state index in [1.54, 1.807) is 12.1 Å². The fourth-order valence-corrected chi connectivity index (χ4v) is 2.66. The van der Waals surface area contributed by atoms with E-state index in [4.69, 9.17) is 9.15 Å². The number of fused-ring (bicyclic) bond motifs is 1. The van der Waals surface area contributed by atoms with Crippen LogP contribution in [0.3, 0.4) is 0 Å². The molecule has 19 heavy (non-hydrogen) atoms. The molecule has 3 nitrogen and oxygen atoms in total. The molecule has 1 aliphatic rings. The summed E-state index contributed by atoms with van der Waals surface area (Å²) in [5, 5.41) is 11.4. The van der Waals surface area contributed by atoms with Crippen molar-refractivity contribution in [1.82, 2.24) is 0 Å². The topological polar surface area (TPSA) is 42.6 Å². The number of rotatable bonds is 2. The lowest BCUT2D eigenvalue weighted by Crippen LogP contribution is -2.38. The molecule has 1 aromatic heterocycles. The van der Waals surface area contributed by atoms with Gasteiger partial charge in [0, 0.05) is 18.2 Å². The van der Waals surface area contributed by atoms with Gasteiger partial charge >= 0.3 is 0 Å². The lowest BCUT2D eigenvalue weighted by Gasteiger charge is -2.35. The Kier molecular flexibility index (Phi) is 3.07. The molecule has 1 aliphatic heterocycles. The first kappa shape index (κ1) is 12.6. The Labute approximate surface area is 111 Å². The predicted octanol–water partition coefficient (Wildman–Crippen LogP) is 3.35. The fraction of sp³-hybridized carbons (Fsp3) is 0.467. The Bertz CT molecular complexity index is 592. The van der Waals surface area contributed by atoms with Gasteiger partial charge in [-0.2, -0.15) is 0 Å². The van der Waals surface area contributed by atoms with Gasteiger partial charge in [-0.3, -0.25) is 0 Å². The van der Waals surface area contributed by atoms with Crippen molar-refractivity contribution in [3.63, 3.8) is 0 Å². The van der Waals surface area contributed by atoms with E-state index in [1.807, 2.05) is 6.92 Å². The van der Waals surface area contributed by atoms with Gasteiger partial charge in [0.2, 0.25) is 0 Å². The normalized spacial score (nSPS) is 27.8. The molecule has 0 aliphatic carbocycles. The van der Waals surface area contributed by atoms with Gasteiger partial charge in [-0.1, -0.05) is 6.92 Å². The van der Waals surface area contributed by atoms with Gasteiger partial charge in [-0.15, -0.1) is 0 Å². The maximum atomic E-state index is 13.2. The Morgan fingerprint density at radius 2 is 2.26 bits per heavy atom. The van der Waals surface area contributed by atoms with E-state index in [9.17, 15) is 9.50 Å². The van der Waals surface area contributed by atoms with Crippen molar-refractivity contribution in [2.75, 3.05) is 6.61 Å². The predicted molar refractivity (Wildman–Crippen MR) is 69.3 cm³/mol. The summed E-state index contributed by atoms with van der Waals surface area (Å²) in [5.74, 6) is 0.208. The molecular formula is C15H17FO3. The van der Waals surface area contributed by atoms with Crippen molar-refractivity contribution in [3.8, 4) is 0 Å². The van der Waals surface area contributed by atoms with Crippen LogP contribution in [0.4, 0.5) is 4.39 Å². The molecule has 102 valence electrons. The molecule has 1 saturated heterocycles. The first-order valence-corrected chi connectivity index (χ1v) is 6.64. The largest absolute Gasteiger partial charge is 0.458 e. The third-order valence-electron chi connectivity index (χ3n) is 3.83. The Morgan fingerprint density at radius 1 is 1.42 bits per heavy atom. The van der Waals surface area contributed by atoms with Gasteiger partial charge in [-0.25, -0.2) is 4.39 Å². The second-order valence-corrected chi connectivity index (χ2v) is 5.18. The average molecular weight is 264 g/mol. The molecule has 3 rings (SSSR count). The summed E-state index contributed by atoms with van der Waals surface area (Å²) in [6, 6.07) is 6.10. The summed E-state index contributed by atoms with van der Waals surface area (Å²) in [6.07, 6.45) is 1.93. The zero-order valence-corrected chi connectivity index (χ0v) is 10.9. The van der Waals surface area contributed by atoms with E-state index in [1.165, 1.54) is 12.1 Å². The Hall–Kier alpha value is -1.39. The maximum Gasteiger partial charge on any atom is 0.137 e. The lowest BCUT2D eigenvalue weighted by molar-refractivity contribution is -0.117. The van der Waals surface area contributed by atoms with Crippen molar-refractivity contribution in [1.29, 1.82) is 0 Å². The van der Waals surface area contributed by atoms with Crippen LogP contribution < -0.4 is 0 Å². The standard InChI is InChI=1S/C15H17FO3/c1-2-12-9-15(17,5-6-18-12)14-8-10-7-11(16)3-4-13(10)19-14/h3-4,7-8,12,17H,2,5-6,9H2,1H3. The number of ether oxygens (including phenoxy) is 1. The molecule has 0 saturated carbocycles. The highest BCUT2D eigenvalue weighted by atomic mass is 19.1. The van der Waals surface area contributed by atoms with E-state index >= 15 is 0 Å². The van der Waals surface area contributed by atoms with Crippen molar-refractivity contribution >= 4 is 11.0 Å². The number of benzene rings is 1. The van der Waals surface area contributed by atoms with Crippen LogP contribution in [0.1, 0.15) is 31.9 Å². The summed E-state index contributed by atoms with van der Waals surface area (Å²) in [6.45, 7) is 2.55. The summed E-state index contributed by atoms with van der Waals surface area (Å²) >= 11 is 0. The highest BCUT2D eigenvalue weighted by Gasteiger charge is 2.38. The Morgan fingerprint density at radius 3 is 3.05 bits per heavy atom. The SMILES string of the molecule is CCC1CC(O)(c2cc3cc(F)ccc3o2)CCO1. The van der Waals surface area contributed by atoms with Crippen LogP contribution in [0, 0.1) is 5.82 Å². The molecule has 2 atom stereocenters. The van der Waals surface area contributed by atoms with Crippen molar-refractivity contribution in [3.05, 3.63) is 35.8 Å². The first-order chi connectivity index (χ1) is 9.10. The number of hydrogen-bond acceptors (Lipinski definition) is 3. The summed E-state index contributed by atoms with van der Waals surface area (Å²) in [4.78, 5) is 0. The van der Waals surface area contributed by atoms with Gasteiger partial charge < -0.3 is 14.3 Å². The first-order valence-electron chi connectivity index (χ1n) is 6.64. The molecule has 4 heteroatoms. The van der Waals surface area contributed by atoms with Crippen LogP contribution in [-0.2, 0) is 10.3 Å². The molecule has 1 fully saturated rings. The molecule has 0 spiro atoms. The molecule has 0 bridgehead atoms. The van der Waals surface area contributed by atoms with Crippen molar-refractivity contribution < 1.29 is 18.7 Å². The minimum absolute atomic E-state index is 0.0451. The molecule has 2 aromatic rings. The Balaban J connectivity index is 1.98.